The maximum absolute atomic E-state index is 9.31. The van der Waals surface area contributed by atoms with Crippen LogP contribution < -0.4 is 0 Å². The van der Waals surface area contributed by atoms with Crippen molar-refractivity contribution in [2.24, 2.45) is 5.16 Å². The summed E-state index contributed by atoms with van der Waals surface area (Å²) in [6.07, 6.45) is 2.78. The summed E-state index contributed by atoms with van der Waals surface area (Å²) in [5, 5.41) is 34.0. The van der Waals surface area contributed by atoms with Crippen molar-refractivity contribution < 1.29 is 10.3 Å². The number of oxime groups is 1. The molecule has 0 spiro atoms. The Balaban J connectivity index is 1.85. The average Bonchev–Trinajstić information content (AvgIpc) is 3.09. The summed E-state index contributed by atoms with van der Waals surface area (Å²) < 4.78 is 1.61. The zero-order valence-corrected chi connectivity index (χ0v) is 11.4. The van der Waals surface area contributed by atoms with Crippen LogP contribution in [0.1, 0.15) is 19.3 Å². The van der Waals surface area contributed by atoms with Gasteiger partial charge in [0.1, 0.15) is 5.75 Å². The van der Waals surface area contributed by atoms with Crippen molar-refractivity contribution in [2.45, 2.75) is 29.7 Å². The van der Waals surface area contributed by atoms with Crippen LogP contribution in [0.4, 0.5) is 0 Å². The summed E-state index contributed by atoms with van der Waals surface area (Å²) in [4.78, 5) is 0. The van der Waals surface area contributed by atoms with Crippen molar-refractivity contribution in [2.75, 3.05) is 0 Å². The van der Waals surface area contributed by atoms with Crippen LogP contribution in [0.15, 0.2) is 34.6 Å². The number of thioether (sulfide) groups is 1. The Hall–Kier alpha value is -2.09. The van der Waals surface area contributed by atoms with Crippen LogP contribution in [0.25, 0.3) is 5.69 Å². The molecule has 8 heteroatoms. The quantitative estimate of drug-likeness (QED) is 0.661. The van der Waals surface area contributed by atoms with E-state index in [9.17, 15) is 5.11 Å². The molecular formula is C12H13N5O2S. The van der Waals surface area contributed by atoms with Crippen LogP contribution in [-0.4, -0.2) is 41.5 Å². The molecular weight excluding hydrogens is 278 g/mol. The van der Waals surface area contributed by atoms with Crippen LogP contribution in [0.5, 0.6) is 5.75 Å². The normalized spacial score (nSPS) is 20.6. The van der Waals surface area contributed by atoms with Crippen molar-refractivity contribution >= 4 is 17.5 Å². The molecule has 0 amide bonds. The highest BCUT2D eigenvalue weighted by Gasteiger charge is 2.26. The monoisotopic (exact) mass is 291 g/mol. The van der Waals surface area contributed by atoms with Gasteiger partial charge in [0, 0.05) is 0 Å². The van der Waals surface area contributed by atoms with E-state index >= 15 is 0 Å². The number of phenolic OH excluding ortho intramolecular Hbond substituents is 1. The fraction of sp³-hybridized carbons (Fsp3) is 0.333. The van der Waals surface area contributed by atoms with Crippen LogP contribution in [-0.2, 0) is 0 Å². The Morgan fingerprint density at radius 2 is 2.10 bits per heavy atom. The smallest absolute Gasteiger partial charge is 0.214 e. The number of phenols is 1. The first kappa shape index (κ1) is 12.9. The zero-order chi connectivity index (χ0) is 13.9. The van der Waals surface area contributed by atoms with Crippen molar-refractivity contribution in [3.05, 3.63) is 24.3 Å². The van der Waals surface area contributed by atoms with Gasteiger partial charge in [-0.2, -0.15) is 4.68 Å². The predicted molar refractivity (Wildman–Crippen MR) is 73.5 cm³/mol. The average molecular weight is 291 g/mol. The van der Waals surface area contributed by atoms with Crippen molar-refractivity contribution in [1.29, 1.82) is 0 Å². The molecule has 2 aromatic rings. The first-order chi connectivity index (χ1) is 9.78. The number of aromatic hydroxyl groups is 1. The second-order valence-electron chi connectivity index (χ2n) is 4.48. The van der Waals surface area contributed by atoms with E-state index in [0.29, 0.717) is 5.16 Å². The van der Waals surface area contributed by atoms with E-state index in [0.717, 1.165) is 30.7 Å². The summed E-state index contributed by atoms with van der Waals surface area (Å²) in [5.41, 5.74) is 1.56. The fourth-order valence-corrected chi connectivity index (χ4v) is 3.34. The Morgan fingerprint density at radius 1 is 1.30 bits per heavy atom. The largest absolute Gasteiger partial charge is 0.508 e. The molecule has 104 valence electrons. The molecule has 1 aromatic heterocycles. The van der Waals surface area contributed by atoms with Gasteiger partial charge < -0.3 is 10.3 Å². The van der Waals surface area contributed by atoms with E-state index in [1.54, 1.807) is 28.9 Å². The maximum atomic E-state index is 9.31. The van der Waals surface area contributed by atoms with Gasteiger partial charge in [-0.15, -0.1) is 5.10 Å². The van der Waals surface area contributed by atoms with E-state index in [1.165, 1.54) is 11.8 Å². The fourth-order valence-electron chi connectivity index (χ4n) is 2.17. The van der Waals surface area contributed by atoms with Gasteiger partial charge in [0.15, 0.2) is 0 Å². The highest BCUT2D eigenvalue weighted by molar-refractivity contribution is 8.00. The first-order valence-corrected chi connectivity index (χ1v) is 7.11. The number of hydrogen-bond donors (Lipinski definition) is 2. The molecule has 1 saturated carbocycles. The van der Waals surface area contributed by atoms with E-state index in [2.05, 4.69) is 20.7 Å². The molecule has 0 radical (unpaired) electrons. The van der Waals surface area contributed by atoms with E-state index in [1.807, 2.05) is 0 Å². The van der Waals surface area contributed by atoms with Gasteiger partial charge in [-0.05, 0) is 54.0 Å². The summed E-state index contributed by atoms with van der Waals surface area (Å²) in [7, 11) is 0. The van der Waals surface area contributed by atoms with Crippen LogP contribution in [0.2, 0.25) is 0 Å². The lowest BCUT2D eigenvalue weighted by molar-refractivity contribution is 0.317. The molecule has 2 N–H and O–H groups in total. The summed E-state index contributed by atoms with van der Waals surface area (Å²) in [6, 6.07) is 6.65. The second kappa shape index (κ2) is 5.49. The molecule has 7 nitrogen and oxygen atoms in total. The lowest BCUT2D eigenvalue weighted by atomic mass is 10.3. The standard InChI is InChI=1S/C12H13N5O2S/c18-9-6-4-8(5-7-9)17-12(13-15-16-17)20-11-3-1-2-10(11)14-19/h4-7,11,18-19H,1-3H2/b14-10-. The number of aromatic nitrogens is 4. The highest BCUT2D eigenvalue weighted by Crippen LogP contribution is 2.32. The maximum Gasteiger partial charge on any atom is 0.214 e. The Bertz CT molecular complexity index is 625. The molecule has 1 aromatic carbocycles. The molecule has 3 rings (SSSR count). The summed E-state index contributed by atoms with van der Waals surface area (Å²) in [6.45, 7) is 0. The predicted octanol–water partition coefficient (Wildman–Crippen LogP) is 1.84. The molecule has 1 aliphatic carbocycles. The summed E-state index contributed by atoms with van der Waals surface area (Å²) >= 11 is 1.49. The molecule has 1 heterocycles. The van der Waals surface area contributed by atoms with Gasteiger partial charge in [-0.3, -0.25) is 0 Å². The van der Waals surface area contributed by atoms with Crippen LogP contribution in [0, 0.1) is 0 Å². The van der Waals surface area contributed by atoms with Crippen molar-refractivity contribution in [3.63, 3.8) is 0 Å². The minimum atomic E-state index is 0.113. The lowest BCUT2D eigenvalue weighted by Gasteiger charge is -2.09. The molecule has 1 unspecified atom stereocenters. The molecule has 20 heavy (non-hydrogen) atoms. The van der Waals surface area contributed by atoms with Gasteiger partial charge in [0.2, 0.25) is 5.16 Å². The Morgan fingerprint density at radius 3 is 2.85 bits per heavy atom. The third-order valence-electron chi connectivity index (χ3n) is 3.18. The van der Waals surface area contributed by atoms with E-state index in [4.69, 9.17) is 5.21 Å². The number of hydrogen-bond acceptors (Lipinski definition) is 7. The molecule has 0 saturated heterocycles. The molecule has 1 atom stereocenters. The molecule has 1 fully saturated rings. The number of rotatable bonds is 3. The first-order valence-electron chi connectivity index (χ1n) is 6.23. The van der Waals surface area contributed by atoms with Gasteiger partial charge >= 0.3 is 0 Å². The lowest BCUT2D eigenvalue weighted by Crippen LogP contribution is -2.11. The highest BCUT2D eigenvalue weighted by atomic mass is 32.2. The van der Waals surface area contributed by atoms with Crippen LogP contribution in [0.3, 0.4) is 0 Å². The number of benzene rings is 1. The minimum absolute atomic E-state index is 0.113. The second-order valence-corrected chi connectivity index (χ2v) is 5.65. The van der Waals surface area contributed by atoms with E-state index < -0.39 is 0 Å². The molecule has 0 bridgehead atoms. The molecule has 0 aliphatic heterocycles. The van der Waals surface area contributed by atoms with Gasteiger partial charge in [-0.1, -0.05) is 16.9 Å². The van der Waals surface area contributed by atoms with E-state index in [-0.39, 0.29) is 11.0 Å². The van der Waals surface area contributed by atoms with Gasteiger partial charge in [-0.25, -0.2) is 0 Å². The van der Waals surface area contributed by atoms with Gasteiger partial charge in [0.25, 0.3) is 0 Å². The van der Waals surface area contributed by atoms with Crippen molar-refractivity contribution in [1.82, 2.24) is 20.2 Å². The van der Waals surface area contributed by atoms with Gasteiger partial charge in [0.05, 0.1) is 16.6 Å². The topological polar surface area (TPSA) is 96.4 Å². The summed E-state index contributed by atoms with van der Waals surface area (Å²) in [5.74, 6) is 0.196. The molecule has 1 aliphatic rings. The number of tetrazole rings is 1. The number of nitrogens with zero attached hydrogens (tertiary/aromatic N) is 5. The van der Waals surface area contributed by atoms with Crippen molar-refractivity contribution in [3.8, 4) is 11.4 Å². The third kappa shape index (κ3) is 2.46. The Kier molecular flexibility index (Phi) is 3.55. The SMILES string of the molecule is O/N=C1/CCCC1Sc1nnnn1-c1ccc(O)cc1. The van der Waals surface area contributed by atoms with Crippen LogP contribution >= 0.6 is 11.8 Å². The minimum Gasteiger partial charge on any atom is -0.508 e. The zero-order valence-electron chi connectivity index (χ0n) is 10.5. The Labute approximate surface area is 119 Å². The third-order valence-corrected chi connectivity index (χ3v) is 4.44.